The third-order valence-electron chi connectivity index (χ3n) is 2.64. The Kier molecular flexibility index (Phi) is 5.69. The number of aliphatic hydroxyl groups is 1. The van der Waals surface area contributed by atoms with Gasteiger partial charge in [-0.05, 0) is 31.6 Å². The molecule has 0 bridgehead atoms. The molecule has 0 saturated heterocycles. The summed E-state index contributed by atoms with van der Waals surface area (Å²) in [5, 5.41) is 7.71. The maximum absolute atomic E-state index is 12.5. The lowest BCUT2D eigenvalue weighted by molar-refractivity contribution is -0.137. The van der Waals surface area contributed by atoms with Crippen molar-refractivity contribution >= 4 is 16.9 Å². The van der Waals surface area contributed by atoms with E-state index in [2.05, 4.69) is 11.6 Å². The van der Waals surface area contributed by atoms with Crippen molar-refractivity contribution in [1.29, 1.82) is 0 Å². The minimum absolute atomic E-state index is 0.648. The Bertz CT molecular complexity index is 615. The first-order valence-corrected chi connectivity index (χ1v) is 6.86. The molecule has 1 aromatic heterocycles. The summed E-state index contributed by atoms with van der Waals surface area (Å²) in [6, 6.07) is 5.05. The molecule has 114 valence electrons. The standard InChI is InChI=1S/C14H12F3NS.CH4O/c1-8(2)12-9(3)18-13(19-12)10-4-6-11(7-5-10)14(15,16)17;1-2/h4-7H,1H2,2-3H3;2H,1H3. The summed E-state index contributed by atoms with van der Waals surface area (Å²) >= 11 is 1.44. The molecule has 0 spiro atoms. The number of aliphatic hydroxyl groups excluding tert-OH is 1. The van der Waals surface area contributed by atoms with Gasteiger partial charge in [-0.1, -0.05) is 18.7 Å². The molecule has 0 atom stereocenters. The van der Waals surface area contributed by atoms with Crippen LogP contribution < -0.4 is 0 Å². The fraction of sp³-hybridized carbons (Fsp3) is 0.267. The van der Waals surface area contributed by atoms with Gasteiger partial charge in [-0.3, -0.25) is 0 Å². The van der Waals surface area contributed by atoms with Gasteiger partial charge in [-0.2, -0.15) is 13.2 Å². The molecule has 21 heavy (non-hydrogen) atoms. The van der Waals surface area contributed by atoms with Crippen molar-refractivity contribution in [2.24, 2.45) is 0 Å². The number of allylic oxidation sites excluding steroid dienone is 1. The maximum Gasteiger partial charge on any atom is 0.416 e. The van der Waals surface area contributed by atoms with Crippen LogP contribution in [0.25, 0.3) is 16.1 Å². The number of benzene rings is 1. The Morgan fingerprint density at radius 2 is 1.71 bits per heavy atom. The highest BCUT2D eigenvalue weighted by atomic mass is 32.1. The Hall–Kier alpha value is -1.66. The molecule has 0 aliphatic rings. The van der Waals surface area contributed by atoms with E-state index >= 15 is 0 Å². The summed E-state index contributed by atoms with van der Waals surface area (Å²) in [6.45, 7) is 7.62. The summed E-state index contributed by atoms with van der Waals surface area (Å²) in [6.07, 6.45) is -4.31. The summed E-state index contributed by atoms with van der Waals surface area (Å²) in [7, 11) is 1.00. The third kappa shape index (κ3) is 4.15. The maximum atomic E-state index is 12.5. The average Bonchev–Trinajstić information content (AvgIpc) is 2.82. The lowest BCUT2D eigenvalue weighted by Crippen LogP contribution is -2.03. The second-order valence-corrected chi connectivity index (χ2v) is 5.29. The van der Waals surface area contributed by atoms with E-state index in [9.17, 15) is 13.2 Å². The van der Waals surface area contributed by atoms with E-state index < -0.39 is 11.7 Å². The highest BCUT2D eigenvalue weighted by molar-refractivity contribution is 7.16. The van der Waals surface area contributed by atoms with Crippen LogP contribution in [0.5, 0.6) is 0 Å². The lowest BCUT2D eigenvalue weighted by atomic mass is 10.1. The van der Waals surface area contributed by atoms with Crippen LogP contribution in [0.4, 0.5) is 13.2 Å². The molecule has 1 aromatic carbocycles. The molecule has 0 aliphatic carbocycles. The third-order valence-corrected chi connectivity index (χ3v) is 4.01. The highest BCUT2D eigenvalue weighted by Gasteiger charge is 2.30. The smallest absolute Gasteiger partial charge is 0.400 e. The first-order valence-electron chi connectivity index (χ1n) is 6.04. The second-order valence-electron chi connectivity index (χ2n) is 4.29. The predicted octanol–water partition coefficient (Wildman–Crippen LogP) is 4.78. The molecule has 2 rings (SSSR count). The first kappa shape index (κ1) is 17.4. The second kappa shape index (κ2) is 6.87. The van der Waals surface area contributed by atoms with Crippen LogP contribution in [0.3, 0.4) is 0 Å². The van der Waals surface area contributed by atoms with Crippen molar-refractivity contribution in [2.45, 2.75) is 20.0 Å². The van der Waals surface area contributed by atoms with E-state index in [1.807, 2.05) is 13.8 Å². The highest BCUT2D eigenvalue weighted by Crippen LogP contribution is 2.34. The molecule has 0 unspecified atom stereocenters. The number of nitrogens with zero attached hydrogens (tertiary/aromatic N) is 1. The number of rotatable bonds is 2. The summed E-state index contributed by atoms with van der Waals surface area (Å²) in [4.78, 5) is 5.35. The lowest BCUT2D eigenvalue weighted by Gasteiger charge is -2.06. The quantitative estimate of drug-likeness (QED) is 0.865. The Labute approximate surface area is 125 Å². The number of thiazole rings is 1. The normalized spacial score (nSPS) is 10.8. The van der Waals surface area contributed by atoms with Gasteiger partial charge in [0.2, 0.25) is 0 Å². The van der Waals surface area contributed by atoms with Gasteiger partial charge in [0, 0.05) is 12.7 Å². The summed E-state index contributed by atoms with van der Waals surface area (Å²) < 4.78 is 37.4. The van der Waals surface area contributed by atoms with E-state index in [4.69, 9.17) is 5.11 Å². The van der Waals surface area contributed by atoms with Crippen molar-refractivity contribution in [3.8, 4) is 10.6 Å². The van der Waals surface area contributed by atoms with Gasteiger partial charge >= 0.3 is 6.18 Å². The molecule has 1 N–H and O–H groups in total. The molecule has 1 heterocycles. The van der Waals surface area contributed by atoms with E-state index in [0.29, 0.717) is 10.6 Å². The minimum atomic E-state index is -4.31. The van der Waals surface area contributed by atoms with Crippen molar-refractivity contribution in [1.82, 2.24) is 4.98 Å². The van der Waals surface area contributed by atoms with Crippen LogP contribution in [0, 0.1) is 6.92 Å². The Morgan fingerprint density at radius 3 is 2.10 bits per heavy atom. The topological polar surface area (TPSA) is 33.1 Å². The largest absolute Gasteiger partial charge is 0.416 e. The van der Waals surface area contributed by atoms with Crippen LogP contribution in [-0.4, -0.2) is 17.2 Å². The van der Waals surface area contributed by atoms with E-state index in [-0.39, 0.29) is 0 Å². The van der Waals surface area contributed by atoms with Gasteiger partial charge in [0.25, 0.3) is 0 Å². The molecule has 0 amide bonds. The Morgan fingerprint density at radius 1 is 1.19 bits per heavy atom. The number of aryl methyl sites for hydroxylation is 1. The fourth-order valence-corrected chi connectivity index (χ4v) is 2.72. The number of alkyl halides is 3. The molecule has 2 nitrogen and oxygen atoms in total. The number of hydrogen-bond donors (Lipinski definition) is 1. The number of aromatic nitrogens is 1. The van der Waals surface area contributed by atoms with Crippen LogP contribution in [0.15, 0.2) is 30.8 Å². The van der Waals surface area contributed by atoms with Gasteiger partial charge in [-0.15, -0.1) is 11.3 Å². The van der Waals surface area contributed by atoms with Crippen LogP contribution in [0.1, 0.15) is 23.1 Å². The predicted molar refractivity (Wildman–Crippen MR) is 80.1 cm³/mol. The van der Waals surface area contributed by atoms with E-state index in [0.717, 1.165) is 35.4 Å². The zero-order valence-electron chi connectivity index (χ0n) is 12.0. The first-order chi connectivity index (χ1) is 9.79. The number of halogens is 3. The molecule has 0 aliphatic heterocycles. The fourth-order valence-electron chi connectivity index (χ4n) is 1.72. The Balaban J connectivity index is 0.00000106. The van der Waals surface area contributed by atoms with Crippen molar-refractivity contribution in [2.75, 3.05) is 7.11 Å². The summed E-state index contributed by atoms with van der Waals surface area (Å²) in [5.74, 6) is 0. The zero-order chi connectivity index (χ0) is 16.2. The van der Waals surface area contributed by atoms with Gasteiger partial charge in [-0.25, -0.2) is 4.98 Å². The monoisotopic (exact) mass is 315 g/mol. The van der Waals surface area contributed by atoms with Gasteiger partial charge in [0.1, 0.15) is 5.01 Å². The van der Waals surface area contributed by atoms with Crippen molar-refractivity contribution in [3.63, 3.8) is 0 Å². The van der Waals surface area contributed by atoms with Crippen LogP contribution in [-0.2, 0) is 6.18 Å². The van der Waals surface area contributed by atoms with Crippen LogP contribution in [0.2, 0.25) is 0 Å². The molecular weight excluding hydrogens is 299 g/mol. The number of hydrogen-bond acceptors (Lipinski definition) is 3. The van der Waals surface area contributed by atoms with Gasteiger partial charge < -0.3 is 5.11 Å². The molecule has 2 aromatic rings. The van der Waals surface area contributed by atoms with Gasteiger partial charge in [0.05, 0.1) is 16.1 Å². The zero-order valence-corrected chi connectivity index (χ0v) is 12.8. The van der Waals surface area contributed by atoms with E-state index in [1.165, 1.54) is 23.5 Å². The van der Waals surface area contributed by atoms with Gasteiger partial charge in [0.15, 0.2) is 0 Å². The molecule has 0 fully saturated rings. The average molecular weight is 315 g/mol. The van der Waals surface area contributed by atoms with Crippen LogP contribution >= 0.6 is 11.3 Å². The molecule has 0 saturated carbocycles. The summed E-state index contributed by atoms with van der Waals surface area (Å²) in [5.41, 5.74) is 1.80. The SMILES string of the molecule is C=C(C)c1sc(-c2ccc(C(F)(F)F)cc2)nc1C.CO. The molecule has 0 radical (unpaired) electrons. The minimum Gasteiger partial charge on any atom is -0.400 e. The van der Waals surface area contributed by atoms with Crippen molar-refractivity contribution < 1.29 is 18.3 Å². The molecular formula is C15H16F3NOS. The van der Waals surface area contributed by atoms with E-state index in [1.54, 1.807) is 0 Å². The van der Waals surface area contributed by atoms with Crippen molar-refractivity contribution in [3.05, 3.63) is 47.0 Å². The molecule has 6 heteroatoms.